The zero-order valence-corrected chi connectivity index (χ0v) is 18.5. The van der Waals surface area contributed by atoms with Crippen LogP contribution in [0.5, 0.6) is 11.5 Å². The summed E-state index contributed by atoms with van der Waals surface area (Å²) in [6.07, 6.45) is 2.77. The minimum Gasteiger partial charge on any atom is -0.455 e. The lowest BCUT2D eigenvalue weighted by molar-refractivity contribution is 0.0464. The minimum atomic E-state index is -3.55. The Bertz CT molecular complexity index is 1260. The molecule has 1 aromatic heterocycles. The Morgan fingerprint density at radius 2 is 1.73 bits per heavy atom. The van der Waals surface area contributed by atoms with Gasteiger partial charge in [0.05, 0.1) is 10.5 Å². The van der Waals surface area contributed by atoms with Crippen molar-refractivity contribution >= 4 is 16.0 Å². The molecule has 0 atom stereocenters. The molecule has 0 spiro atoms. The summed E-state index contributed by atoms with van der Waals surface area (Å²) in [6.45, 7) is 1.15. The number of carbonyl (C=O) groups is 1. The number of esters is 1. The second-order valence-electron chi connectivity index (χ2n) is 7.82. The van der Waals surface area contributed by atoms with Crippen LogP contribution < -0.4 is 9.47 Å². The highest BCUT2D eigenvalue weighted by Crippen LogP contribution is 2.36. The first-order valence-corrected chi connectivity index (χ1v) is 12.1. The summed E-state index contributed by atoms with van der Waals surface area (Å²) in [4.78, 5) is 12.6. The summed E-state index contributed by atoms with van der Waals surface area (Å²) in [6, 6.07) is 12.9. The van der Waals surface area contributed by atoms with Crippen molar-refractivity contribution in [3.63, 3.8) is 0 Å². The molecule has 0 unspecified atom stereocenters. The molecule has 9 nitrogen and oxygen atoms in total. The van der Waals surface area contributed by atoms with E-state index in [4.69, 9.17) is 18.7 Å². The van der Waals surface area contributed by atoms with Crippen LogP contribution in [0.1, 0.15) is 35.3 Å². The van der Waals surface area contributed by atoms with Gasteiger partial charge in [-0.05, 0) is 55.3 Å². The highest BCUT2D eigenvalue weighted by atomic mass is 32.2. The zero-order chi connectivity index (χ0) is 22.8. The molecule has 0 amide bonds. The lowest BCUT2D eigenvalue weighted by atomic mass is 10.1. The molecule has 5 rings (SSSR count). The first-order chi connectivity index (χ1) is 16.0. The maximum absolute atomic E-state index is 12.7. The van der Waals surface area contributed by atoms with Crippen molar-refractivity contribution in [2.24, 2.45) is 0 Å². The van der Waals surface area contributed by atoms with E-state index in [-0.39, 0.29) is 23.9 Å². The average molecular weight is 471 g/mol. The number of hydrogen-bond acceptors (Lipinski definition) is 8. The van der Waals surface area contributed by atoms with Crippen LogP contribution in [0.15, 0.2) is 57.9 Å². The number of sulfonamides is 1. The molecule has 0 bridgehead atoms. The molecule has 0 N–H and O–H groups in total. The number of aromatic nitrogens is 1. The van der Waals surface area contributed by atoms with Crippen LogP contribution in [-0.2, 0) is 21.4 Å². The van der Waals surface area contributed by atoms with Crippen LogP contribution >= 0.6 is 0 Å². The molecular formula is C23H22N2O7S. The minimum absolute atomic E-state index is 0.0826. The fourth-order valence-electron chi connectivity index (χ4n) is 3.81. The van der Waals surface area contributed by atoms with Crippen molar-refractivity contribution in [2.45, 2.75) is 30.8 Å². The Hall–Kier alpha value is -3.37. The van der Waals surface area contributed by atoms with Gasteiger partial charge in [-0.2, -0.15) is 4.31 Å². The number of rotatable bonds is 6. The Morgan fingerprint density at radius 1 is 0.970 bits per heavy atom. The monoisotopic (exact) mass is 470 g/mol. The standard InChI is InChI=1S/C23H22N2O7S/c26-23(16-4-7-19(8-5-16)33(27,28)25-10-2-1-3-11-25)29-14-18-13-21(32-24-18)17-6-9-20-22(12-17)31-15-30-20/h4-9,12-13H,1-3,10-11,14-15H2. The highest BCUT2D eigenvalue weighted by molar-refractivity contribution is 7.89. The van der Waals surface area contributed by atoms with Crippen molar-refractivity contribution in [3.8, 4) is 22.8 Å². The highest BCUT2D eigenvalue weighted by Gasteiger charge is 2.26. The summed E-state index contributed by atoms with van der Waals surface area (Å²) in [7, 11) is -3.55. The molecule has 0 saturated carbocycles. The third-order valence-corrected chi connectivity index (χ3v) is 7.52. The molecular weight excluding hydrogens is 448 g/mol. The van der Waals surface area contributed by atoms with E-state index in [0.29, 0.717) is 36.0 Å². The molecule has 1 fully saturated rings. The van der Waals surface area contributed by atoms with E-state index in [1.807, 2.05) is 6.07 Å². The second-order valence-corrected chi connectivity index (χ2v) is 9.75. The van der Waals surface area contributed by atoms with E-state index in [2.05, 4.69) is 5.16 Å². The second kappa shape index (κ2) is 8.87. The largest absolute Gasteiger partial charge is 0.455 e. The molecule has 0 aliphatic carbocycles. The predicted molar refractivity (Wildman–Crippen MR) is 116 cm³/mol. The summed E-state index contributed by atoms with van der Waals surface area (Å²) < 4.78 is 48.3. The van der Waals surface area contributed by atoms with Gasteiger partial charge in [-0.3, -0.25) is 0 Å². The van der Waals surface area contributed by atoms with E-state index in [1.54, 1.807) is 18.2 Å². The van der Waals surface area contributed by atoms with Crippen molar-refractivity contribution in [2.75, 3.05) is 19.9 Å². The number of piperidine rings is 1. The van der Waals surface area contributed by atoms with Gasteiger partial charge in [-0.1, -0.05) is 11.6 Å². The molecule has 33 heavy (non-hydrogen) atoms. The first-order valence-electron chi connectivity index (χ1n) is 10.6. The van der Waals surface area contributed by atoms with Crippen molar-refractivity contribution in [3.05, 3.63) is 59.8 Å². The molecule has 2 aliphatic rings. The number of carbonyl (C=O) groups excluding carboxylic acids is 1. The molecule has 1 saturated heterocycles. The first kappa shape index (κ1) is 21.5. The lowest BCUT2D eigenvalue weighted by Gasteiger charge is -2.25. The van der Waals surface area contributed by atoms with Gasteiger partial charge in [-0.25, -0.2) is 13.2 Å². The van der Waals surface area contributed by atoms with Gasteiger partial charge in [0, 0.05) is 24.7 Å². The van der Waals surface area contributed by atoms with Crippen molar-refractivity contribution in [1.29, 1.82) is 0 Å². The summed E-state index contributed by atoms with van der Waals surface area (Å²) in [5.41, 5.74) is 1.46. The van der Waals surface area contributed by atoms with Gasteiger partial charge in [0.25, 0.3) is 0 Å². The number of nitrogens with zero attached hydrogens (tertiary/aromatic N) is 2. The van der Waals surface area contributed by atoms with Crippen LogP contribution in [0, 0.1) is 0 Å². The molecule has 172 valence electrons. The number of ether oxygens (including phenoxy) is 3. The van der Waals surface area contributed by atoms with E-state index < -0.39 is 16.0 Å². The van der Waals surface area contributed by atoms with Crippen molar-refractivity contribution < 1.29 is 31.9 Å². The molecule has 2 aromatic carbocycles. The summed E-state index contributed by atoms with van der Waals surface area (Å²) in [5.74, 6) is 1.22. The zero-order valence-electron chi connectivity index (χ0n) is 17.7. The van der Waals surface area contributed by atoms with Crippen LogP contribution in [0.2, 0.25) is 0 Å². The molecule has 3 heterocycles. The number of benzene rings is 2. The van der Waals surface area contributed by atoms with Crippen LogP contribution in [0.3, 0.4) is 0 Å². The number of hydrogen-bond donors (Lipinski definition) is 0. The van der Waals surface area contributed by atoms with Gasteiger partial charge in [-0.15, -0.1) is 0 Å². The van der Waals surface area contributed by atoms with E-state index in [0.717, 1.165) is 24.8 Å². The van der Waals surface area contributed by atoms with Crippen LogP contribution in [-0.4, -0.2) is 43.7 Å². The summed E-state index contributed by atoms with van der Waals surface area (Å²) in [5, 5.41) is 3.94. The van der Waals surface area contributed by atoms with E-state index in [9.17, 15) is 13.2 Å². The smallest absolute Gasteiger partial charge is 0.338 e. The van der Waals surface area contributed by atoms with Gasteiger partial charge in [0.2, 0.25) is 16.8 Å². The van der Waals surface area contributed by atoms with Gasteiger partial charge < -0.3 is 18.7 Å². The van der Waals surface area contributed by atoms with E-state index in [1.165, 1.54) is 28.6 Å². The fourth-order valence-corrected chi connectivity index (χ4v) is 5.32. The van der Waals surface area contributed by atoms with Gasteiger partial charge in [0.15, 0.2) is 17.3 Å². The fraction of sp³-hybridized carbons (Fsp3) is 0.304. The SMILES string of the molecule is O=C(OCc1cc(-c2ccc3c(c2)OCO3)on1)c1ccc(S(=O)(=O)N2CCCCC2)cc1. The van der Waals surface area contributed by atoms with E-state index >= 15 is 0 Å². The summed E-state index contributed by atoms with van der Waals surface area (Å²) >= 11 is 0. The quantitative estimate of drug-likeness (QED) is 0.503. The molecule has 0 radical (unpaired) electrons. The Labute approximate surface area is 190 Å². The van der Waals surface area contributed by atoms with Crippen LogP contribution in [0.25, 0.3) is 11.3 Å². The third kappa shape index (κ3) is 4.44. The predicted octanol–water partition coefficient (Wildman–Crippen LogP) is 3.60. The topological polar surface area (TPSA) is 108 Å². The maximum Gasteiger partial charge on any atom is 0.338 e. The number of fused-ring (bicyclic) bond motifs is 1. The molecule has 10 heteroatoms. The normalized spacial score (nSPS) is 16.0. The molecule has 2 aliphatic heterocycles. The average Bonchev–Trinajstić information content (AvgIpc) is 3.52. The Kier molecular flexibility index (Phi) is 5.77. The van der Waals surface area contributed by atoms with Crippen molar-refractivity contribution in [1.82, 2.24) is 9.46 Å². The molecule has 3 aromatic rings. The third-order valence-electron chi connectivity index (χ3n) is 5.61. The van der Waals surface area contributed by atoms with Gasteiger partial charge in [0.1, 0.15) is 12.3 Å². The van der Waals surface area contributed by atoms with Crippen LogP contribution in [0.4, 0.5) is 0 Å². The Morgan fingerprint density at radius 3 is 2.52 bits per heavy atom. The Balaban J connectivity index is 1.21. The maximum atomic E-state index is 12.7. The van der Waals surface area contributed by atoms with Gasteiger partial charge >= 0.3 is 5.97 Å². The lowest BCUT2D eigenvalue weighted by Crippen LogP contribution is -2.35.